The molecule has 36 heavy (non-hydrogen) atoms. The van der Waals surface area contributed by atoms with E-state index in [0.29, 0.717) is 12.8 Å². The Balaban J connectivity index is 1.42. The summed E-state index contributed by atoms with van der Waals surface area (Å²) in [5.74, 6) is -0.0465. The number of nitrogen functional groups attached to an aromatic ring is 1. The Hall–Kier alpha value is -1.36. The van der Waals surface area contributed by atoms with E-state index in [9.17, 15) is 18.8 Å². The van der Waals surface area contributed by atoms with E-state index in [-0.39, 0.29) is 30.3 Å². The van der Waals surface area contributed by atoms with Crippen LogP contribution in [0.25, 0.3) is 11.2 Å². The fraction of sp³-hybridized carbons (Fsp3) is 0.667. The molecule has 2 aromatic rings. The number of imidazole rings is 1. The highest BCUT2D eigenvalue weighted by molar-refractivity contribution is 7.47. The average molecular weight is 577 g/mol. The molecule has 21 heteroatoms. The van der Waals surface area contributed by atoms with Crippen LogP contribution < -0.4 is 11.3 Å². The van der Waals surface area contributed by atoms with E-state index in [1.54, 1.807) is 4.57 Å². The predicted octanol–water partition coefficient (Wildman–Crippen LogP) is 0.969. The molecule has 6 atom stereocenters. The predicted molar refractivity (Wildman–Crippen MR) is 122 cm³/mol. The van der Waals surface area contributed by atoms with Crippen molar-refractivity contribution in [3.63, 3.8) is 0 Å². The van der Waals surface area contributed by atoms with Gasteiger partial charge in [0.15, 0.2) is 20.2 Å². The summed E-state index contributed by atoms with van der Waals surface area (Å²) >= 11 is 0. The van der Waals surface area contributed by atoms with Crippen LogP contribution in [0.5, 0.6) is 0 Å². The zero-order chi connectivity index (χ0) is 26.1. The molecule has 1 aliphatic heterocycles. The number of rotatable bonds is 16. The third-order valence-electron chi connectivity index (χ3n) is 4.57. The molecule has 0 aliphatic carbocycles. The lowest BCUT2D eigenvalue weighted by molar-refractivity contribution is -0.227. The zero-order valence-corrected chi connectivity index (χ0v) is 22.0. The molecule has 0 saturated carbocycles. The quantitative estimate of drug-likeness (QED) is 0.109. The molecule has 1 fully saturated rings. The van der Waals surface area contributed by atoms with Crippen molar-refractivity contribution in [2.45, 2.75) is 31.3 Å². The second-order valence-corrected chi connectivity index (χ2v) is 10.1. The van der Waals surface area contributed by atoms with Crippen LogP contribution in [-0.4, -0.2) is 70.7 Å². The molecule has 3 heterocycles. The van der Waals surface area contributed by atoms with Crippen LogP contribution in [0.3, 0.4) is 0 Å². The molecule has 18 nitrogen and oxygen atoms in total. The number of H-pyrrole nitrogens is 1. The Labute approximate surface area is 206 Å². The molecule has 6 unspecified atom stereocenters. The lowest BCUT2D eigenvalue weighted by atomic mass is 10.2. The maximum Gasteiger partial charge on any atom is 0.472 e. The average Bonchev–Trinajstić information content (AvgIpc) is 3.47. The van der Waals surface area contributed by atoms with Crippen molar-refractivity contribution in [2.24, 2.45) is 0 Å². The van der Waals surface area contributed by atoms with Crippen molar-refractivity contribution in [1.29, 1.82) is 0 Å². The highest BCUT2D eigenvalue weighted by atomic mass is 31.2. The van der Waals surface area contributed by atoms with Gasteiger partial charge in [0.2, 0.25) is 5.95 Å². The van der Waals surface area contributed by atoms with Crippen LogP contribution in [0.4, 0.5) is 5.95 Å². The van der Waals surface area contributed by atoms with Gasteiger partial charge in [-0.2, -0.15) is 14.3 Å². The van der Waals surface area contributed by atoms with Gasteiger partial charge in [0.25, 0.3) is 5.56 Å². The number of nitrogens with two attached hydrogens (primary N) is 1. The maximum absolute atomic E-state index is 12.0. The topological polar surface area (TPSA) is 227 Å². The van der Waals surface area contributed by atoms with Gasteiger partial charge in [0.1, 0.15) is 18.9 Å². The van der Waals surface area contributed by atoms with Gasteiger partial charge in [-0.15, -0.1) is 0 Å². The number of hydrogen-bond acceptors (Lipinski definition) is 15. The van der Waals surface area contributed by atoms with Gasteiger partial charge in [-0.3, -0.25) is 28.0 Å². The van der Waals surface area contributed by atoms with Gasteiger partial charge in [-0.05, 0) is 12.8 Å². The highest BCUT2D eigenvalue weighted by Crippen LogP contribution is 2.43. The molecule has 0 radical (unpaired) electrons. The van der Waals surface area contributed by atoms with Gasteiger partial charge in [0, 0.05) is 7.11 Å². The number of phosphoric ester groups is 1. The van der Waals surface area contributed by atoms with Crippen LogP contribution in [0.1, 0.15) is 19.1 Å². The summed E-state index contributed by atoms with van der Waals surface area (Å²) in [6.07, 6.45) is 0.491. The van der Waals surface area contributed by atoms with Crippen molar-refractivity contribution in [1.82, 2.24) is 19.5 Å². The van der Waals surface area contributed by atoms with Crippen LogP contribution in [0, 0.1) is 0 Å². The highest BCUT2D eigenvalue weighted by Gasteiger charge is 2.30. The Kier molecular flexibility index (Phi) is 11.3. The number of aromatic amines is 1. The third kappa shape index (κ3) is 8.60. The first kappa shape index (κ1) is 29.2. The zero-order valence-electron chi connectivity index (χ0n) is 19.1. The summed E-state index contributed by atoms with van der Waals surface area (Å²) in [7, 11) is -5.76. The molecule has 1 aliphatic rings. The number of aromatic nitrogens is 4. The molecule has 2 aromatic heterocycles. The fourth-order valence-electron chi connectivity index (χ4n) is 3.04. The van der Waals surface area contributed by atoms with E-state index >= 15 is 0 Å². The van der Waals surface area contributed by atoms with Gasteiger partial charge in [-0.1, -0.05) is 0 Å². The molecule has 0 bridgehead atoms. The standard InChI is InChI=1S/C15H26N5O13P3/c1-25-32-34-28-6-10(31-36(23,24)26-2)5-27-33-35(22)29-7-9-3-4-11(30-9)20-8-17-12-13(20)18-15(16)19-14(12)21/h8-11,34-35H,3-7H2,1-2H3,(H,23,24)(H3,16,18,19,21). The summed E-state index contributed by atoms with van der Waals surface area (Å²) < 4.78 is 59.7. The summed E-state index contributed by atoms with van der Waals surface area (Å²) in [6, 6.07) is 0. The normalized spacial score (nSPS) is 21.9. The van der Waals surface area contributed by atoms with Crippen molar-refractivity contribution in [3.8, 4) is 0 Å². The second-order valence-electron chi connectivity index (χ2n) is 7.02. The van der Waals surface area contributed by atoms with Crippen molar-refractivity contribution < 1.29 is 56.0 Å². The number of nitrogens with one attached hydrogen (secondary N) is 1. The lowest BCUT2D eigenvalue weighted by Gasteiger charge is -2.19. The monoisotopic (exact) mass is 577 g/mol. The summed E-state index contributed by atoms with van der Waals surface area (Å²) in [5.41, 5.74) is 5.56. The molecule has 4 N–H and O–H groups in total. The first-order valence-electron chi connectivity index (χ1n) is 10.2. The lowest BCUT2D eigenvalue weighted by Crippen LogP contribution is -2.23. The second kappa shape index (κ2) is 14.0. The molecule has 204 valence electrons. The Morgan fingerprint density at radius 2 is 2.22 bits per heavy atom. The molecule has 3 rings (SSSR count). The van der Waals surface area contributed by atoms with Crippen LogP contribution in [0.2, 0.25) is 0 Å². The molecular formula is C15H26N5O13P3. The first-order chi connectivity index (χ1) is 17.2. The van der Waals surface area contributed by atoms with Crippen LogP contribution in [0.15, 0.2) is 11.1 Å². The molecule has 0 aromatic carbocycles. The molecule has 1 saturated heterocycles. The van der Waals surface area contributed by atoms with Crippen molar-refractivity contribution >= 4 is 42.2 Å². The number of anilines is 1. The van der Waals surface area contributed by atoms with E-state index in [2.05, 4.69) is 33.7 Å². The number of nitrogens with zero attached hydrogens (tertiary/aromatic N) is 3. The minimum absolute atomic E-state index is 0.0465. The van der Waals surface area contributed by atoms with Gasteiger partial charge in [-0.25, -0.2) is 19.3 Å². The third-order valence-corrected chi connectivity index (χ3v) is 6.77. The van der Waals surface area contributed by atoms with Gasteiger partial charge < -0.3 is 24.4 Å². The first-order valence-corrected chi connectivity index (χ1v) is 13.7. The van der Waals surface area contributed by atoms with Gasteiger partial charge >= 0.3 is 16.1 Å². The van der Waals surface area contributed by atoms with E-state index in [1.807, 2.05) is 0 Å². The smallest absolute Gasteiger partial charge is 0.369 e. The van der Waals surface area contributed by atoms with Crippen molar-refractivity contribution in [2.75, 3.05) is 39.8 Å². The van der Waals surface area contributed by atoms with Crippen molar-refractivity contribution in [3.05, 3.63) is 16.7 Å². The van der Waals surface area contributed by atoms with Gasteiger partial charge in [0.05, 0.1) is 32.8 Å². The van der Waals surface area contributed by atoms with E-state index in [4.69, 9.17) is 28.9 Å². The fourth-order valence-corrected chi connectivity index (χ4v) is 4.53. The van der Waals surface area contributed by atoms with E-state index in [1.165, 1.54) is 13.4 Å². The maximum atomic E-state index is 12.0. The number of hydrogen-bond donors (Lipinski definition) is 3. The molecule has 0 amide bonds. The Morgan fingerprint density at radius 3 is 2.97 bits per heavy atom. The summed E-state index contributed by atoms with van der Waals surface area (Å²) in [6.45, 7) is -0.780. The van der Waals surface area contributed by atoms with E-state index in [0.717, 1.165) is 7.11 Å². The molecule has 0 spiro atoms. The summed E-state index contributed by atoms with van der Waals surface area (Å²) in [4.78, 5) is 41.1. The SMILES string of the molecule is COOPOCC(COO[PH](=O)OCC1CCC(n2cnc3c(=O)[nH]c(N)nc32)O1)OP(=O)(O)OC. The number of phosphoric acid groups is 1. The van der Waals surface area contributed by atoms with E-state index < -0.39 is 55.7 Å². The summed E-state index contributed by atoms with van der Waals surface area (Å²) in [5, 5.41) is 0. The van der Waals surface area contributed by atoms with Crippen LogP contribution >= 0.6 is 25.1 Å². The minimum Gasteiger partial charge on any atom is -0.369 e. The molecular weight excluding hydrogens is 551 g/mol. The largest absolute Gasteiger partial charge is 0.472 e. The van der Waals surface area contributed by atoms with Crippen LogP contribution in [-0.2, 0) is 51.1 Å². The number of ether oxygens (including phenoxy) is 1. The minimum atomic E-state index is -4.36. The Morgan fingerprint density at radius 1 is 1.42 bits per heavy atom. The Bertz CT molecular complexity index is 1120. The number of fused-ring (bicyclic) bond motifs is 1.